The minimum absolute atomic E-state index is 0. The van der Waals surface area contributed by atoms with E-state index in [9.17, 15) is 36.5 Å². The number of carbonyl (C=O) groups excluding carboxylic acids is 1. The van der Waals surface area contributed by atoms with E-state index in [4.69, 9.17) is 0 Å². The van der Waals surface area contributed by atoms with Gasteiger partial charge in [0.2, 0.25) is 11.5 Å². The Balaban J connectivity index is 0.00000507. The van der Waals surface area contributed by atoms with E-state index < -0.39 is 25.9 Å². The van der Waals surface area contributed by atoms with E-state index in [-0.39, 0.29) is 61.8 Å². The van der Waals surface area contributed by atoms with Gasteiger partial charge in [-0.25, -0.2) is 0 Å². The first-order valence-electron chi connectivity index (χ1n) is 10.4. The van der Waals surface area contributed by atoms with Crippen molar-refractivity contribution in [1.29, 1.82) is 0 Å². The van der Waals surface area contributed by atoms with Gasteiger partial charge in [0.25, 0.3) is 10.1 Å². The van der Waals surface area contributed by atoms with Crippen molar-refractivity contribution in [3.63, 3.8) is 0 Å². The Hall–Kier alpha value is -3.14. The van der Waals surface area contributed by atoms with Gasteiger partial charge in [-0.15, -0.1) is 0 Å². The third kappa shape index (κ3) is 7.46. The van der Waals surface area contributed by atoms with Crippen LogP contribution in [0.2, 0.25) is 0 Å². The van der Waals surface area contributed by atoms with Crippen molar-refractivity contribution in [3.8, 4) is 5.75 Å². The fourth-order valence-electron chi connectivity index (χ4n) is 3.22. The minimum atomic E-state index is -4.58. The van der Waals surface area contributed by atoms with Crippen molar-refractivity contribution in [3.05, 3.63) is 82.8 Å². The standard InChI is InChI=1S/C23H24N4O8S2.Cu/c1-14-11-18(37(33,34)35)12-20(22(14)29)24-25-23(16-7-5-4-6-8-16)26-27(3)21-13-17(36(30,31)32)9-10-19(21)15(2)28;/h4-13H,1-3H3,(H5,25,26,29,30,31,32,33,34,35);/q;+1. The van der Waals surface area contributed by atoms with Crippen LogP contribution in [0.5, 0.6) is 5.75 Å². The predicted octanol–water partition coefficient (Wildman–Crippen LogP) is 5.52. The summed E-state index contributed by atoms with van der Waals surface area (Å²) < 4.78 is 62.8. The number of phenolic OH excluding ortho intramolecular Hbond substituents is 1. The number of hydrogen-bond acceptors (Lipinski definition) is 8. The maximum Gasteiger partial charge on any atom is 1.00 e. The zero-order valence-electron chi connectivity index (χ0n) is 20.1. The number of amidine groups is 1. The first-order chi connectivity index (χ1) is 17.2. The van der Waals surface area contributed by atoms with Gasteiger partial charge >= 0.3 is 17.1 Å². The molecule has 3 aromatic rings. The van der Waals surface area contributed by atoms with Gasteiger partial charge in [0.15, 0.2) is 12.8 Å². The van der Waals surface area contributed by atoms with Crippen LogP contribution in [0.3, 0.4) is 0 Å². The van der Waals surface area contributed by atoms with Crippen LogP contribution in [-0.4, -0.2) is 55.1 Å². The molecule has 0 bridgehead atoms. The fourth-order valence-corrected chi connectivity index (χ4v) is 4.33. The molecule has 0 unspecified atom stereocenters. The second-order valence-electron chi connectivity index (χ2n) is 7.85. The normalized spacial score (nSPS) is 13.0. The molecular formula is C23H24CuN4O8S2+. The third-order valence-corrected chi connectivity index (χ3v) is 6.81. The number of ketones is 1. The number of phenols is 1. The van der Waals surface area contributed by atoms with Gasteiger partial charge in [0.1, 0.15) is 16.6 Å². The van der Waals surface area contributed by atoms with Crippen molar-refractivity contribution < 1.29 is 58.3 Å². The number of hydrogen-bond donors (Lipinski definition) is 5. The zero-order valence-corrected chi connectivity index (χ0v) is 22.7. The average molecular weight is 612 g/mol. The topological polar surface area (TPSA) is 194 Å². The summed E-state index contributed by atoms with van der Waals surface area (Å²) in [5, 5.41) is 18.8. The molecule has 0 aromatic heterocycles. The number of rotatable bonds is 7. The SMILES string of the molecule is CC(=O)c1ccc(S(O)(O)O)cc1[N+](C)=N/C(=N\[N-]c1cc(S(=O)(=O)O)cc(C)c1O)c1ccccc1.[Cu+]. The molecular weight excluding hydrogens is 588 g/mol. The molecule has 206 valence electrons. The quantitative estimate of drug-likeness (QED) is 0.0336. The van der Waals surface area contributed by atoms with Crippen LogP contribution in [0.25, 0.3) is 5.43 Å². The first kappa shape index (κ1) is 31.1. The summed E-state index contributed by atoms with van der Waals surface area (Å²) in [6.45, 7) is 2.73. The van der Waals surface area contributed by atoms with Gasteiger partial charge in [-0.3, -0.25) is 9.35 Å². The average Bonchev–Trinajstić information content (AvgIpc) is 2.82. The maximum atomic E-state index is 12.2. The first-order valence-corrected chi connectivity index (χ1v) is 13.4. The Morgan fingerprint density at radius 1 is 0.947 bits per heavy atom. The Morgan fingerprint density at radius 3 is 2.13 bits per heavy atom. The molecule has 0 amide bonds. The maximum absolute atomic E-state index is 12.2. The summed E-state index contributed by atoms with van der Waals surface area (Å²) in [5.74, 6) is -0.757. The van der Waals surface area contributed by atoms with Crippen LogP contribution in [-0.2, 0) is 27.2 Å². The molecule has 0 spiro atoms. The van der Waals surface area contributed by atoms with E-state index in [2.05, 4.69) is 15.6 Å². The summed E-state index contributed by atoms with van der Waals surface area (Å²) in [6, 6.07) is 14.2. The van der Waals surface area contributed by atoms with Crippen LogP contribution >= 0.6 is 10.9 Å². The number of aromatic hydroxyl groups is 1. The van der Waals surface area contributed by atoms with Crippen LogP contribution in [0.4, 0.5) is 11.4 Å². The van der Waals surface area contributed by atoms with Crippen LogP contribution in [0.15, 0.2) is 80.7 Å². The molecule has 0 saturated carbocycles. The fraction of sp³-hybridized carbons (Fsp3) is 0.130. The van der Waals surface area contributed by atoms with Gasteiger partial charge < -0.3 is 29.3 Å². The van der Waals surface area contributed by atoms with E-state index in [1.165, 1.54) is 43.8 Å². The van der Waals surface area contributed by atoms with E-state index in [1.807, 2.05) is 0 Å². The van der Waals surface area contributed by atoms with Gasteiger partial charge in [0.05, 0.1) is 15.4 Å². The smallest absolute Gasteiger partial charge is 0.571 e. The summed E-state index contributed by atoms with van der Waals surface area (Å²) in [4.78, 5) is 11.5. The minimum Gasteiger partial charge on any atom is -0.571 e. The van der Waals surface area contributed by atoms with Gasteiger partial charge in [-0.05, 0) is 37.6 Å². The van der Waals surface area contributed by atoms with Crippen LogP contribution in [0.1, 0.15) is 28.4 Å². The molecule has 5 N–H and O–H groups in total. The molecule has 0 radical (unpaired) electrons. The molecule has 0 atom stereocenters. The number of azo groups is 2. The van der Waals surface area contributed by atoms with E-state index in [1.54, 1.807) is 30.3 Å². The van der Waals surface area contributed by atoms with Gasteiger partial charge in [0, 0.05) is 16.7 Å². The molecule has 0 aliphatic heterocycles. The predicted molar refractivity (Wildman–Crippen MR) is 137 cm³/mol. The summed E-state index contributed by atoms with van der Waals surface area (Å²) in [5.41, 5.74) is 4.55. The monoisotopic (exact) mass is 611 g/mol. The molecule has 0 heterocycles. The van der Waals surface area contributed by atoms with Crippen molar-refractivity contribution >= 4 is 44.0 Å². The Labute approximate surface area is 231 Å². The largest absolute Gasteiger partial charge is 1.00 e. The van der Waals surface area contributed by atoms with E-state index >= 15 is 0 Å². The zero-order chi connectivity index (χ0) is 27.5. The number of carbonyl (C=O) groups is 1. The van der Waals surface area contributed by atoms with E-state index in [0.717, 1.165) is 12.1 Å². The molecule has 3 rings (SSSR count). The summed E-state index contributed by atoms with van der Waals surface area (Å²) in [7, 11) is -7.21. The number of aryl methyl sites for hydroxylation is 1. The molecule has 12 nitrogen and oxygen atoms in total. The number of benzene rings is 3. The summed E-state index contributed by atoms with van der Waals surface area (Å²) in [6.07, 6.45) is 0. The molecule has 15 heteroatoms. The van der Waals surface area contributed by atoms with Crippen LogP contribution in [0, 0.1) is 6.92 Å². The van der Waals surface area contributed by atoms with Crippen molar-refractivity contribution in [2.75, 3.05) is 7.05 Å². The molecule has 0 aliphatic rings. The summed E-state index contributed by atoms with van der Waals surface area (Å²) >= 11 is 0. The number of Topliss-reactive ketones (excluding diaryl/α,β-unsaturated/α-hetero) is 1. The molecule has 0 aliphatic carbocycles. The van der Waals surface area contributed by atoms with Crippen molar-refractivity contribution in [1.82, 2.24) is 0 Å². The second kappa shape index (κ2) is 12.1. The molecule has 0 fully saturated rings. The van der Waals surface area contributed by atoms with E-state index in [0.29, 0.717) is 5.56 Å². The molecule has 3 aromatic carbocycles. The Morgan fingerprint density at radius 2 is 1.58 bits per heavy atom. The Bertz CT molecular complexity index is 1520. The second-order valence-corrected chi connectivity index (χ2v) is 10.8. The van der Waals surface area contributed by atoms with Crippen molar-refractivity contribution in [2.24, 2.45) is 10.2 Å². The van der Waals surface area contributed by atoms with Crippen LogP contribution < -0.4 is 0 Å². The molecule has 0 saturated heterocycles. The molecule has 38 heavy (non-hydrogen) atoms. The Kier molecular flexibility index (Phi) is 9.94. The third-order valence-electron chi connectivity index (χ3n) is 5.09. The number of nitrogens with zero attached hydrogens (tertiary/aromatic N) is 4. The van der Waals surface area contributed by atoms with Gasteiger partial charge in [-0.2, -0.15) is 8.42 Å². The van der Waals surface area contributed by atoms with Gasteiger partial charge in [-0.1, -0.05) is 46.8 Å². The van der Waals surface area contributed by atoms with Crippen molar-refractivity contribution in [2.45, 2.75) is 23.6 Å².